The van der Waals surface area contributed by atoms with E-state index in [2.05, 4.69) is 10.4 Å². The number of hydrogen-bond donors (Lipinski definition) is 3. The van der Waals surface area contributed by atoms with Crippen molar-refractivity contribution < 1.29 is 10.2 Å². The summed E-state index contributed by atoms with van der Waals surface area (Å²) < 4.78 is 1.68. The van der Waals surface area contributed by atoms with Crippen molar-refractivity contribution in [1.82, 2.24) is 15.1 Å². The fourth-order valence-corrected chi connectivity index (χ4v) is 1.09. The van der Waals surface area contributed by atoms with E-state index >= 15 is 0 Å². The van der Waals surface area contributed by atoms with E-state index in [0.29, 0.717) is 13.1 Å². The van der Waals surface area contributed by atoms with Gasteiger partial charge in [-0.2, -0.15) is 5.10 Å². The van der Waals surface area contributed by atoms with E-state index in [0.717, 1.165) is 0 Å². The van der Waals surface area contributed by atoms with Crippen LogP contribution in [-0.2, 0) is 6.54 Å². The van der Waals surface area contributed by atoms with Gasteiger partial charge in [0, 0.05) is 25.0 Å². The summed E-state index contributed by atoms with van der Waals surface area (Å²) in [6, 6.07) is 1.83. The summed E-state index contributed by atoms with van der Waals surface area (Å²) in [5.74, 6) is 0. The molecule has 0 aliphatic rings. The molecule has 2 atom stereocenters. The van der Waals surface area contributed by atoms with E-state index in [1.807, 2.05) is 13.0 Å². The highest BCUT2D eigenvalue weighted by Gasteiger charge is 2.06. The van der Waals surface area contributed by atoms with Gasteiger partial charge in [0.1, 0.15) is 0 Å². The number of rotatable bonds is 6. The molecule has 14 heavy (non-hydrogen) atoms. The zero-order valence-electron chi connectivity index (χ0n) is 8.30. The smallest absolute Gasteiger partial charge is 0.0860 e. The molecule has 5 nitrogen and oxygen atoms in total. The minimum Gasteiger partial charge on any atom is -0.395 e. The molecule has 0 saturated carbocycles. The molecule has 0 fully saturated rings. The van der Waals surface area contributed by atoms with Crippen LogP contribution in [0.5, 0.6) is 0 Å². The Kier molecular flexibility index (Phi) is 4.58. The topological polar surface area (TPSA) is 70.3 Å². The Bertz CT molecular complexity index is 238. The highest BCUT2D eigenvalue weighted by atomic mass is 16.3. The largest absolute Gasteiger partial charge is 0.395 e. The number of aliphatic hydroxyl groups excluding tert-OH is 2. The Morgan fingerprint density at radius 2 is 2.36 bits per heavy atom. The number of aliphatic hydroxyl groups is 2. The fourth-order valence-electron chi connectivity index (χ4n) is 1.09. The summed E-state index contributed by atoms with van der Waals surface area (Å²) in [7, 11) is 0. The van der Waals surface area contributed by atoms with Gasteiger partial charge in [0.2, 0.25) is 0 Å². The number of nitrogens with zero attached hydrogens (tertiary/aromatic N) is 2. The highest BCUT2D eigenvalue weighted by Crippen LogP contribution is 1.90. The summed E-state index contributed by atoms with van der Waals surface area (Å²) in [5.41, 5.74) is 0. The Morgan fingerprint density at radius 1 is 1.57 bits per heavy atom. The molecule has 1 aromatic heterocycles. The molecule has 0 bridgehead atoms. The molecule has 2 unspecified atom stereocenters. The van der Waals surface area contributed by atoms with E-state index in [4.69, 9.17) is 5.11 Å². The van der Waals surface area contributed by atoms with Crippen LogP contribution in [0, 0.1) is 0 Å². The monoisotopic (exact) mass is 199 g/mol. The van der Waals surface area contributed by atoms with Crippen molar-refractivity contribution in [2.45, 2.75) is 25.6 Å². The van der Waals surface area contributed by atoms with Gasteiger partial charge in [-0.3, -0.25) is 4.68 Å². The summed E-state index contributed by atoms with van der Waals surface area (Å²) in [5, 5.41) is 25.3. The predicted molar refractivity (Wildman–Crippen MR) is 52.8 cm³/mol. The van der Waals surface area contributed by atoms with Crippen molar-refractivity contribution in [3.63, 3.8) is 0 Å². The first kappa shape index (κ1) is 11.2. The first-order chi connectivity index (χ1) is 6.72. The molecule has 0 aromatic carbocycles. The van der Waals surface area contributed by atoms with Crippen LogP contribution in [0.1, 0.15) is 6.92 Å². The molecule has 0 spiro atoms. The molecule has 1 rings (SSSR count). The molecule has 0 amide bonds. The van der Waals surface area contributed by atoms with E-state index in [1.54, 1.807) is 17.1 Å². The Balaban J connectivity index is 2.19. The lowest BCUT2D eigenvalue weighted by molar-refractivity contribution is 0.137. The van der Waals surface area contributed by atoms with Crippen molar-refractivity contribution in [3.8, 4) is 0 Å². The standard InChI is InChI=1S/C9H17N3O2/c1-8(7-13)10-5-9(14)6-12-4-2-3-11-12/h2-4,8-10,13-14H,5-7H2,1H3. The third-order valence-electron chi connectivity index (χ3n) is 1.93. The number of nitrogens with one attached hydrogen (secondary N) is 1. The maximum atomic E-state index is 9.56. The van der Waals surface area contributed by atoms with Crippen LogP contribution in [0.4, 0.5) is 0 Å². The van der Waals surface area contributed by atoms with E-state index in [-0.39, 0.29) is 12.6 Å². The van der Waals surface area contributed by atoms with Crippen molar-refractivity contribution in [2.75, 3.05) is 13.2 Å². The summed E-state index contributed by atoms with van der Waals surface area (Å²) in [4.78, 5) is 0. The van der Waals surface area contributed by atoms with Crippen molar-refractivity contribution in [2.24, 2.45) is 0 Å². The van der Waals surface area contributed by atoms with Crippen molar-refractivity contribution in [1.29, 1.82) is 0 Å². The van der Waals surface area contributed by atoms with Gasteiger partial charge >= 0.3 is 0 Å². The van der Waals surface area contributed by atoms with Gasteiger partial charge in [0.25, 0.3) is 0 Å². The fraction of sp³-hybridized carbons (Fsp3) is 0.667. The van der Waals surface area contributed by atoms with Gasteiger partial charge in [-0.1, -0.05) is 0 Å². The molecule has 5 heteroatoms. The Labute approximate surface area is 83.4 Å². The molecular formula is C9H17N3O2. The average molecular weight is 199 g/mol. The van der Waals surface area contributed by atoms with Gasteiger partial charge in [-0.15, -0.1) is 0 Å². The normalized spacial score (nSPS) is 15.4. The zero-order valence-corrected chi connectivity index (χ0v) is 8.30. The molecular weight excluding hydrogens is 182 g/mol. The van der Waals surface area contributed by atoms with Crippen LogP contribution in [0.2, 0.25) is 0 Å². The molecule has 80 valence electrons. The average Bonchev–Trinajstić information content (AvgIpc) is 2.66. The maximum Gasteiger partial charge on any atom is 0.0860 e. The van der Waals surface area contributed by atoms with Crippen LogP contribution < -0.4 is 5.32 Å². The first-order valence-corrected chi connectivity index (χ1v) is 4.72. The van der Waals surface area contributed by atoms with Gasteiger partial charge in [0.05, 0.1) is 19.3 Å². The molecule has 3 N–H and O–H groups in total. The van der Waals surface area contributed by atoms with Crippen LogP contribution in [-0.4, -0.2) is 45.3 Å². The minimum absolute atomic E-state index is 0.0160. The number of hydrogen-bond acceptors (Lipinski definition) is 4. The van der Waals surface area contributed by atoms with Crippen LogP contribution >= 0.6 is 0 Å². The van der Waals surface area contributed by atoms with Gasteiger partial charge in [-0.25, -0.2) is 0 Å². The number of aromatic nitrogens is 2. The second-order valence-electron chi connectivity index (χ2n) is 3.37. The van der Waals surface area contributed by atoms with E-state index in [1.165, 1.54) is 0 Å². The second-order valence-corrected chi connectivity index (χ2v) is 3.37. The van der Waals surface area contributed by atoms with Crippen LogP contribution in [0.25, 0.3) is 0 Å². The quantitative estimate of drug-likeness (QED) is 0.562. The third kappa shape index (κ3) is 3.87. The Hall–Kier alpha value is -0.910. The molecule has 0 aliphatic carbocycles. The van der Waals surface area contributed by atoms with Crippen molar-refractivity contribution in [3.05, 3.63) is 18.5 Å². The lowest BCUT2D eigenvalue weighted by atomic mass is 10.3. The molecule has 0 saturated heterocycles. The SMILES string of the molecule is CC(CO)NCC(O)Cn1cccn1. The summed E-state index contributed by atoms with van der Waals surface area (Å²) >= 11 is 0. The van der Waals surface area contributed by atoms with E-state index in [9.17, 15) is 5.11 Å². The minimum atomic E-state index is -0.483. The third-order valence-corrected chi connectivity index (χ3v) is 1.93. The lowest BCUT2D eigenvalue weighted by Gasteiger charge is -2.15. The van der Waals surface area contributed by atoms with Gasteiger partial charge in [0.15, 0.2) is 0 Å². The predicted octanol–water partition coefficient (Wildman–Crippen LogP) is -0.786. The molecule has 1 heterocycles. The van der Waals surface area contributed by atoms with Crippen LogP contribution in [0.3, 0.4) is 0 Å². The molecule has 1 aromatic rings. The second kappa shape index (κ2) is 5.74. The first-order valence-electron chi connectivity index (χ1n) is 4.72. The zero-order chi connectivity index (χ0) is 10.4. The highest BCUT2D eigenvalue weighted by molar-refractivity contribution is 4.78. The molecule has 0 radical (unpaired) electrons. The Morgan fingerprint density at radius 3 is 2.93 bits per heavy atom. The van der Waals surface area contributed by atoms with Gasteiger partial charge < -0.3 is 15.5 Å². The summed E-state index contributed by atoms with van der Waals surface area (Å²) in [6.45, 7) is 2.87. The van der Waals surface area contributed by atoms with E-state index < -0.39 is 6.10 Å². The maximum absolute atomic E-state index is 9.56. The van der Waals surface area contributed by atoms with Crippen LogP contribution in [0.15, 0.2) is 18.5 Å². The lowest BCUT2D eigenvalue weighted by Crippen LogP contribution is -2.37. The molecule has 0 aliphatic heterocycles. The van der Waals surface area contributed by atoms with Gasteiger partial charge in [-0.05, 0) is 13.0 Å². The summed E-state index contributed by atoms with van der Waals surface area (Å²) in [6.07, 6.45) is 3.00. The van der Waals surface area contributed by atoms with Crippen molar-refractivity contribution >= 4 is 0 Å².